The second-order valence-corrected chi connectivity index (χ2v) is 10.00. The molecule has 8 unspecified atom stereocenters. The molecule has 0 bridgehead atoms. The smallest absolute Gasteiger partial charge is 0.229 e. The van der Waals surface area contributed by atoms with E-state index in [1.807, 2.05) is 0 Å². The molecule has 1 saturated carbocycles. The maximum atomic E-state index is 13.7. The number of nitrogens with one attached hydrogen (secondary N) is 4. The lowest BCUT2D eigenvalue weighted by molar-refractivity contribution is -0.128. The number of ether oxygens (including phenoxy) is 1. The Balaban J connectivity index is 1.11. The van der Waals surface area contributed by atoms with Crippen molar-refractivity contribution in [2.45, 2.75) is 61.6 Å². The first-order chi connectivity index (χ1) is 15.1. The topological polar surface area (TPSA) is 110 Å². The number of halogens is 1. The first kappa shape index (κ1) is 20.7. The summed E-state index contributed by atoms with van der Waals surface area (Å²) in [7, 11) is 0. The van der Waals surface area contributed by atoms with E-state index < -0.39 is 18.3 Å². The lowest BCUT2D eigenvalue weighted by Gasteiger charge is -2.47. The Morgan fingerprint density at radius 2 is 1.94 bits per heavy atom. The highest BCUT2D eigenvalue weighted by molar-refractivity contribution is 5.81. The van der Waals surface area contributed by atoms with Gasteiger partial charge in [-0.05, 0) is 19.4 Å². The molecule has 8 atom stereocenters. The summed E-state index contributed by atoms with van der Waals surface area (Å²) in [6.45, 7) is 6.15. The third kappa shape index (κ3) is 3.68. The zero-order valence-electron chi connectivity index (χ0n) is 17.9. The number of carbonyl (C=O) groups excluding carboxylic acids is 1. The fourth-order valence-electron chi connectivity index (χ4n) is 6.37. The minimum absolute atomic E-state index is 0.0476. The molecule has 0 radical (unpaired) electrons. The predicted molar refractivity (Wildman–Crippen MR) is 111 cm³/mol. The van der Waals surface area contributed by atoms with Gasteiger partial charge in [0.15, 0.2) is 0 Å². The average Bonchev–Trinajstić information content (AvgIpc) is 3.44. The lowest BCUT2D eigenvalue weighted by atomic mass is 9.95. The normalized spacial score (nSPS) is 46.8. The molecule has 0 spiro atoms. The lowest BCUT2D eigenvalue weighted by Crippen LogP contribution is -2.66. The molecular formula is C20H35FN8O2. The molecule has 0 aromatic heterocycles. The number of rotatable bonds is 4. The Morgan fingerprint density at radius 1 is 1.13 bits per heavy atom. The molecule has 11 heteroatoms. The van der Waals surface area contributed by atoms with Crippen LogP contribution in [0.4, 0.5) is 4.39 Å². The number of nitrogens with zero attached hydrogens (tertiary/aromatic N) is 3. The van der Waals surface area contributed by atoms with Crippen molar-refractivity contribution in [2.24, 2.45) is 11.7 Å². The third-order valence-corrected chi connectivity index (χ3v) is 8.10. The van der Waals surface area contributed by atoms with Gasteiger partial charge in [0.25, 0.3) is 0 Å². The molecule has 5 saturated heterocycles. The van der Waals surface area contributed by atoms with Gasteiger partial charge in [0.2, 0.25) is 5.91 Å². The van der Waals surface area contributed by atoms with Crippen molar-refractivity contribution in [2.75, 3.05) is 52.5 Å². The number of amides is 1. The van der Waals surface area contributed by atoms with Crippen molar-refractivity contribution in [3.05, 3.63) is 0 Å². The molecule has 174 valence electrons. The zero-order chi connectivity index (χ0) is 21.1. The van der Waals surface area contributed by atoms with Crippen molar-refractivity contribution in [1.29, 1.82) is 0 Å². The van der Waals surface area contributed by atoms with Crippen LogP contribution in [-0.4, -0.2) is 122 Å². The van der Waals surface area contributed by atoms with Crippen LogP contribution in [0.1, 0.15) is 12.8 Å². The summed E-state index contributed by atoms with van der Waals surface area (Å²) < 4.78 is 19.1. The number of piperazine rings is 1. The molecule has 31 heavy (non-hydrogen) atoms. The Kier molecular flexibility index (Phi) is 5.43. The number of piperidine rings is 1. The van der Waals surface area contributed by atoms with Crippen molar-refractivity contribution in [1.82, 2.24) is 36.2 Å². The van der Waals surface area contributed by atoms with E-state index in [9.17, 15) is 9.18 Å². The number of nitrogens with two attached hydrogens (primary N) is 1. The largest absolute Gasteiger partial charge is 0.378 e. The summed E-state index contributed by atoms with van der Waals surface area (Å²) in [6.07, 6.45) is 0.523. The third-order valence-electron chi connectivity index (χ3n) is 8.10. The average molecular weight is 439 g/mol. The maximum Gasteiger partial charge on any atom is 0.229 e. The van der Waals surface area contributed by atoms with Crippen LogP contribution in [0.5, 0.6) is 0 Å². The molecule has 0 aromatic carbocycles. The second-order valence-electron chi connectivity index (χ2n) is 10.00. The summed E-state index contributed by atoms with van der Waals surface area (Å²) >= 11 is 0. The van der Waals surface area contributed by atoms with Gasteiger partial charge in [-0.2, -0.15) is 0 Å². The van der Waals surface area contributed by atoms with E-state index >= 15 is 0 Å². The quantitative estimate of drug-likeness (QED) is 0.313. The van der Waals surface area contributed by atoms with E-state index in [1.165, 1.54) is 6.42 Å². The van der Waals surface area contributed by atoms with Crippen LogP contribution in [0.2, 0.25) is 0 Å². The van der Waals surface area contributed by atoms with E-state index in [-0.39, 0.29) is 31.2 Å². The summed E-state index contributed by atoms with van der Waals surface area (Å²) in [5.41, 5.74) is 9.32. The van der Waals surface area contributed by atoms with Gasteiger partial charge in [-0.15, -0.1) is 0 Å². The summed E-state index contributed by atoms with van der Waals surface area (Å²) in [5.74, 6) is -0.493. The molecule has 6 aliphatic rings. The molecule has 6 fully saturated rings. The molecule has 5 aliphatic heterocycles. The van der Waals surface area contributed by atoms with Gasteiger partial charge in [-0.25, -0.2) is 14.8 Å². The molecule has 0 aromatic rings. The van der Waals surface area contributed by atoms with Gasteiger partial charge < -0.3 is 21.1 Å². The highest BCUT2D eigenvalue weighted by atomic mass is 19.1. The van der Waals surface area contributed by atoms with Gasteiger partial charge in [0, 0.05) is 50.8 Å². The Hall–Kier alpha value is -0.920. The highest BCUT2D eigenvalue weighted by Gasteiger charge is 2.54. The first-order valence-electron chi connectivity index (χ1n) is 11.9. The van der Waals surface area contributed by atoms with Crippen LogP contribution in [-0.2, 0) is 9.53 Å². The van der Waals surface area contributed by atoms with E-state index in [4.69, 9.17) is 10.5 Å². The molecular weight excluding hydrogens is 403 g/mol. The number of hydrogen-bond donors (Lipinski definition) is 5. The van der Waals surface area contributed by atoms with Crippen molar-refractivity contribution >= 4 is 5.91 Å². The number of fused-ring (bicyclic) bond motifs is 2. The molecule has 1 amide bonds. The second kappa shape index (κ2) is 8.14. The molecule has 1 aliphatic carbocycles. The molecule has 6 N–H and O–H groups in total. The first-order valence-corrected chi connectivity index (χ1v) is 11.9. The van der Waals surface area contributed by atoms with E-state index in [2.05, 4.69) is 31.2 Å². The van der Waals surface area contributed by atoms with E-state index in [0.717, 1.165) is 45.8 Å². The maximum absolute atomic E-state index is 13.7. The minimum atomic E-state index is -0.957. The fourth-order valence-corrected chi connectivity index (χ4v) is 6.37. The van der Waals surface area contributed by atoms with Gasteiger partial charge in [-0.3, -0.25) is 19.9 Å². The summed E-state index contributed by atoms with van der Waals surface area (Å²) in [5, 5.41) is 11.7. The van der Waals surface area contributed by atoms with Crippen molar-refractivity contribution < 1.29 is 13.9 Å². The Bertz CT molecular complexity index is 698. The van der Waals surface area contributed by atoms with Crippen molar-refractivity contribution in [3.63, 3.8) is 0 Å². The number of alkyl halides is 1. The summed E-state index contributed by atoms with van der Waals surface area (Å²) in [4.78, 5) is 18.6. The highest BCUT2D eigenvalue weighted by Crippen LogP contribution is 2.41. The zero-order valence-corrected chi connectivity index (χ0v) is 17.9. The van der Waals surface area contributed by atoms with Crippen LogP contribution in [0.3, 0.4) is 0 Å². The van der Waals surface area contributed by atoms with Gasteiger partial charge in [-0.1, -0.05) is 0 Å². The minimum Gasteiger partial charge on any atom is -0.378 e. The van der Waals surface area contributed by atoms with Gasteiger partial charge in [0.05, 0.1) is 43.5 Å². The van der Waals surface area contributed by atoms with Crippen molar-refractivity contribution in [3.8, 4) is 0 Å². The standard InChI is InChI=1S/C20H35FN8O2/c21-11-6-24-19-17(18(22)26-29(19)8-11)20(30)25-13-7-23-2-1-14(13)28-4-3-27(12-9-31-10-12)15-5-16(15)28/h11-19,23-24,26H,1-10,22H2,(H,25,30). The van der Waals surface area contributed by atoms with Gasteiger partial charge >= 0.3 is 0 Å². The number of hydrazine groups is 1. The van der Waals surface area contributed by atoms with Crippen LogP contribution < -0.4 is 27.1 Å². The van der Waals surface area contributed by atoms with Gasteiger partial charge in [0.1, 0.15) is 6.17 Å². The summed E-state index contributed by atoms with van der Waals surface area (Å²) in [6, 6.07) is 2.25. The number of hydrogen-bond acceptors (Lipinski definition) is 9. The predicted octanol–water partition coefficient (Wildman–Crippen LogP) is -3.02. The molecule has 10 nitrogen and oxygen atoms in total. The van der Waals surface area contributed by atoms with E-state index in [0.29, 0.717) is 24.2 Å². The number of carbonyl (C=O) groups is 1. The van der Waals surface area contributed by atoms with Crippen LogP contribution >= 0.6 is 0 Å². The van der Waals surface area contributed by atoms with Crippen LogP contribution in [0, 0.1) is 5.92 Å². The fraction of sp³-hybridized carbons (Fsp3) is 0.950. The van der Waals surface area contributed by atoms with Crippen LogP contribution in [0.25, 0.3) is 0 Å². The Morgan fingerprint density at radius 3 is 2.74 bits per heavy atom. The van der Waals surface area contributed by atoms with E-state index in [1.54, 1.807) is 5.01 Å². The monoisotopic (exact) mass is 438 g/mol. The molecule has 6 rings (SSSR count). The van der Waals surface area contributed by atoms with Crippen LogP contribution in [0.15, 0.2) is 0 Å². The molecule has 5 heterocycles. The SMILES string of the molecule is NC1NN2CC(F)CNC2C1C(=O)NC1CNCCC1N1CCN(C2COC2)C2CC21. The Labute approximate surface area is 182 Å².